The third kappa shape index (κ3) is 4.02. The molecule has 1 amide bonds. The number of nitro groups is 1. The Balaban J connectivity index is 1.42. The molecular weight excluding hydrogens is 458 g/mol. The zero-order chi connectivity index (χ0) is 23.8. The second-order valence-corrected chi connectivity index (χ2v) is 7.98. The number of nitro benzene ring substituents is 1. The van der Waals surface area contributed by atoms with Gasteiger partial charge in [0.2, 0.25) is 5.89 Å². The van der Waals surface area contributed by atoms with Crippen molar-refractivity contribution in [1.29, 1.82) is 0 Å². The van der Waals surface area contributed by atoms with E-state index < -0.39 is 10.8 Å². The molecule has 0 aliphatic heterocycles. The number of rotatable bonds is 5. The van der Waals surface area contributed by atoms with Crippen LogP contribution in [0.1, 0.15) is 16.1 Å². The molecule has 2 aromatic heterocycles. The molecule has 5 aromatic rings. The Morgan fingerprint density at radius 3 is 2.68 bits per heavy atom. The van der Waals surface area contributed by atoms with Gasteiger partial charge in [-0.25, -0.2) is 4.98 Å². The molecule has 0 aliphatic rings. The third-order valence-corrected chi connectivity index (χ3v) is 5.53. The highest BCUT2D eigenvalue weighted by Crippen LogP contribution is 2.33. The lowest BCUT2D eigenvalue weighted by molar-refractivity contribution is -0.384. The summed E-state index contributed by atoms with van der Waals surface area (Å²) >= 11 is 6.30. The fourth-order valence-corrected chi connectivity index (χ4v) is 3.70. The van der Waals surface area contributed by atoms with Crippen LogP contribution in [0.3, 0.4) is 0 Å². The molecule has 0 unspecified atom stereocenters. The van der Waals surface area contributed by atoms with Crippen LogP contribution in [0.15, 0.2) is 81.6 Å². The van der Waals surface area contributed by atoms with Gasteiger partial charge < -0.3 is 14.2 Å². The van der Waals surface area contributed by atoms with Gasteiger partial charge in [-0.2, -0.15) is 0 Å². The molecule has 3 aromatic carbocycles. The van der Waals surface area contributed by atoms with Gasteiger partial charge in [0, 0.05) is 11.6 Å². The van der Waals surface area contributed by atoms with E-state index in [2.05, 4.69) is 10.3 Å². The highest BCUT2D eigenvalue weighted by molar-refractivity contribution is 6.34. The molecule has 168 valence electrons. The lowest BCUT2D eigenvalue weighted by Gasteiger charge is -2.07. The maximum absolute atomic E-state index is 12.8. The van der Waals surface area contributed by atoms with E-state index in [9.17, 15) is 14.9 Å². The van der Waals surface area contributed by atoms with E-state index >= 15 is 0 Å². The summed E-state index contributed by atoms with van der Waals surface area (Å²) in [6.07, 6.45) is 0. The van der Waals surface area contributed by atoms with Gasteiger partial charge in [0.25, 0.3) is 11.6 Å². The molecule has 0 saturated heterocycles. The Morgan fingerprint density at radius 2 is 1.85 bits per heavy atom. The van der Waals surface area contributed by atoms with Crippen LogP contribution < -0.4 is 5.32 Å². The van der Waals surface area contributed by atoms with E-state index in [1.54, 1.807) is 36.4 Å². The van der Waals surface area contributed by atoms with Crippen molar-refractivity contribution in [3.63, 3.8) is 0 Å². The monoisotopic (exact) mass is 473 g/mol. The van der Waals surface area contributed by atoms with Crippen molar-refractivity contribution >= 4 is 40.0 Å². The lowest BCUT2D eigenvalue weighted by Crippen LogP contribution is -2.11. The Bertz CT molecular complexity index is 1570. The number of anilines is 1. The minimum absolute atomic E-state index is 0.0213. The summed E-state index contributed by atoms with van der Waals surface area (Å²) in [5, 5.41) is 14.3. The Morgan fingerprint density at radius 1 is 1.03 bits per heavy atom. The maximum atomic E-state index is 12.8. The number of carbonyl (C=O) groups is 1. The summed E-state index contributed by atoms with van der Waals surface area (Å²) in [4.78, 5) is 28.1. The van der Waals surface area contributed by atoms with Crippen LogP contribution in [-0.2, 0) is 0 Å². The topological polar surface area (TPSA) is 111 Å². The van der Waals surface area contributed by atoms with Gasteiger partial charge in [0.15, 0.2) is 11.3 Å². The van der Waals surface area contributed by atoms with Gasteiger partial charge in [0.05, 0.1) is 21.2 Å². The standard InChI is InChI=1S/C25H16ClN3O5/c1-14-6-9-18-23(12-14)34-25(28-18)15-7-8-17(26)19(13-15)27-24(30)22-11-10-21(33-22)16-4-2-3-5-20(16)29(31)32/h2-13H,1H3,(H,27,30). The molecule has 0 fully saturated rings. The molecule has 5 rings (SSSR count). The minimum Gasteiger partial charge on any atom is -0.451 e. The normalized spacial score (nSPS) is 11.0. The number of hydrogen-bond donors (Lipinski definition) is 1. The van der Waals surface area contributed by atoms with Crippen molar-refractivity contribution in [3.8, 4) is 22.8 Å². The van der Waals surface area contributed by atoms with E-state index in [4.69, 9.17) is 20.4 Å². The van der Waals surface area contributed by atoms with Crippen LogP contribution in [0.4, 0.5) is 11.4 Å². The fraction of sp³-hybridized carbons (Fsp3) is 0.0400. The molecule has 2 heterocycles. The van der Waals surface area contributed by atoms with Gasteiger partial charge in [-0.05, 0) is 61.0 Å². The van der Waals surface area contributed by atoms with Crippen LogP contribution in [0.25, 0.3) is 33.9 Å². The maximum Gasteiger partial charge on any atom is 0.291 e. The number of aromatic nitrogens is 1. The molecule has 0 bridgehead atoms. The predicted molar refractivity (Wildman–Crippen MR) is 128 cm³/mol. The number of para-hydroxylation sites is 1. The number of furan rings is 1. The van der Waals surface area contributed by atoms with Crippen molar-refractivity contribution in [2.75, 3.05) is 5.32 Å². The van der Waals surface area contributed by atoms with Gasteiger partial charge in [-0.15, -0.1) is 0 Å². The van der Waals surface area contributed by atoms with Crippen molar-refractivity contribution < 1.29 is 18.6 Å². The first-order chi connectivity index (χ1) is 16.4. The average molecular weight is 474 g/mol. The quantitative estimate of drug-likeness (QED) is 0.220. The molecule has 0 atom stereocenters. The number of nitrogens with zero attached hydrogens (tertiary/aromatic N) is 2. The number of halogens is 1. The molecule has 0 aliphatic carbocycles. The summed E-state index contributed by atoms with van der Waals surface area (Å²) in [7, 11) is 0. The molecule has 34 heavy (non-hydrogen) atoms. The SMILES string of the molecule is Cc1ccc2nc(-c3ccc(Cl)c(NC(=O)c4ccc(-c5ccccc5[N+](=O)[O-])o4)c3)oc2c1. The van der Waals surface area contributed by atoms with E-state index in [-0.39, 0.29) is 22.8 Å². The van der Waals surface area contributed by atoms with E-state index in [1.165, 1.54) is 18.2 Å². The third-order valence-electron chi connectivity index (χ3n) is 5.20. The molecule has 0 spiro atoms. The molecular formula is C25H16ClN3O5. The molecule has 9 heteroatoms. The first kappa shape index (κ1) is 21.4. The number of benzene rings is 3. The fourth-order valence-electron chi connectivity index (χ4n) is 3.54. The minimum atomic E-state index is -0.558. The van der Waals surface area contributed by atoms with Gasteiger partial charge >= 0.3 is 0 Å². The number of hydrogen-bond acceptors (Lipinski definition) is 6. The Hall–Kier alpha value is -4.43. The number of fused-ring (bicyclic) bond motifs is 1. The van der Waals surface area contributed by atoms with Crippen LogP contribution in [0.5, 0.6) is 0 Å². The van der Waals surface area contributed by atoms with Crippen LogP contribution >= 0.6 is 11.6 Å². The van der Waals surface area contributed by atoms with E-state index in [1.807, 2.05) is 25.1 Å². The highest BCUT2D eigenvalue weighted by atomic mass is 35.5. The van der Waals surface area contributed by atoms with Crippen LogP contribution in [0.2, 0.25) is 5.02 Å². The van der Waals surface area contributed by atoms with Crippen molar-refractivity contribution in [2.24, 2.45) is 0 Å². The first-order valence-corrected chi connectivity index (χ1v) is 10.6. The second kappa shape index (κ2) is 8.49. The van der Waals surface area contributed by atoms with Crippen molar-refractivity contribution in [1.82, 2.24) is 4.98 Å². The van der Waals surface area contributed by atoms with Crippen molar-refractivity contribution in [2.45, 2.75) is 6.92 Å². The smallest absolute Gasteiger partial charge is 0.291 e. The number of aryl methyl sites for hydroxylation is 1. The number of amides is 1. The molecule has 8 nitrogen and oxygen atoms in total. The average Bonchev–Trinajstić information content (AvgIpc) is 3.48. The van der Waals surface area contributed by atoms with E-state index in [0.717, 1.165) is 11.1 Å². The van der Waals surface area contributed by atoms with Gasteiger partial charge in [0.1, 0.15) is 11.3 Å². The summed E-state index contributed by atoms with van der Waals surface area (Å²) in [5.41, 5.74) is 3.57. The van der Waals surface area contributed by atoms with Gasteiger partial charge in [-0.1, -0.05) is 29.8 Å². The van der Waals surface area contributed by atoms with Crippen LogP contribution in [0, 0.1) is 17.0 Å². The van der Waals surface area contributed by atoms with Gasteiger partial charge in [-0.3, -0.25) is 14.9 Å². The Kier molecular flexibility index (Phi) is 5.35. The number of carbonyl (C=O) groups excluding carboxylic acids is 1. The predicted octanol–water partition coefficient (Wildman–Crippen LogP) is 6.88. The van der Waals surface area contributed by atoms with Crippen LogP contribution in [-0.4, -0.2) is 15.8 Å². The zero-order valence-corrected chi connectivity index (χ0v) is 18.5. The largest absolute Gasteiger partial charge is 0.451 e. The molecule has 1 N–H and O–H groups in total. The highest BCUT2D eigenvalue weighted by Gasteiger charge is 2.20. The summed E-state index contributed by atoms with van der Waals surface area (Å²) < 4.78 is 11.5. The van der Waals surface area contributed by atoms with E-state index in [0.29, 0.717) is 27.7 Å². The summed E-state index contributed by atoms with van der Waals surface area (Å²) in [6.45, 7) is 1.97. The van der Waals surface area contributed by atoms with Crippen molar-refractivity contribution in [3.05, 3.63) is 99.3 Å². The zero-order valence-electron chi connectivity index (χ0n) is 17.7. The molecule has 0 radical (unpaired) electrons. The second-order valence-electron chi connectivity index (χ2n) is 7.58. The lowest BCUT2D eigenvalue weighted by atomic mass is 10.1. The number of oxazole rings is 1. The first-order valence-electron chi connectivity index (χ1n) is 10.2. The summed E-state index contributed by atoms with van der Waals surface area (Å²) in [6, 6.07) is 19.9. The number of nitrogens with one attached hydrogen (secondary N) is 1. The Labute approximate surface area is 197 Å². The summed E-state index contributed by atoms with van der Waals surface area (Å²) in [5.74, 6) is 0.0209. The molecule has 0 saturated carbocycles.